The lowest BCUT2D eigenvalue weighted by Crippen LogP contribution is -2.30. The van der Waals surface area contributed by atoms with Crippen molar-refractivity contribution in [2.24, 2.45) is 0 Å². The summed E-state index contributed by atoms with van der Waals surface area (Å²) in [7, 11) is 1.70. The number of rotatable bonds is 5. The van der Waals surface area contributed by atoms with Gasteiger partial charge in [-0.05, 0) is 47.7 Å². The summed E-state index contributed by atoms with van der Waals surface area (Å²) < 4.78 is 11.7. The third-order valence-corrected chi connectivity index (χ3v) is 5.13. The monoisotopic (exact) mass is 359 g/mol. The summed E-state index contributed by atoms with van der Waals surface area (Å²) in [6, 6.07) is 23.4. The van der Waals surface area contributed by atoms with Crippen LogP contribution in [0, 0.1) is 6.92 Å². The van der Waals surface area contributed by atoms with Gasteiger partial charge in [0.2, 0.25) is 0 Å². The van der Waals surface area contributed by atoms with Crippen molar-refractivity contribution < 1.29 is 9.47 Å². The van der Waals surface area contributed by atoms with E-state index in [0.717, 1.165) is 30.0 Å². The van der Waals surface area contributed by atoms with Crippen LogP contribution in [0.15, 0.2) is 66.7 Å². The minimum absolute atomic E-state index is 0.180. The normalized spacial score (nSPS) is 15.9. The lowest BCUT2D eigenvalue weighted by Gasteiger charge is -2.29. The molecule has 0 amide bonds. The molecule has 0 aromatic heterocycles. The van der Waals surface area contributed by atoms with E-state index in [-0.39, 0.29) is 6.04 Å². The Morgan fingerprint density at radius 1 is 0.963 bits per heavy atom. The van der Waals surface area contributed by atoms with E-state index in [2.05, 4.69) is 60.8 Å². The summed E-state index contributed by atoms with van der Waals surface area (Å²) in [6.45, 7) is 3.60. The van der Waals surface area contributed by atoms with Crippen molar-refractivity contribution in [3.05, 3.63) is 94.5 Å². The van der Waals surface area contributed by atoms with Crippen molar-refractivity contribution >= 4 is 0 Å². The zero-order valence-corrected chi connectivity index (χ0v) is 15.9. The van der Waals surface area contributed by atoms with Crippen molar-refractivity contribution in [1.82, 2.24) is 5.32 Å². The first kappa shape index (κ1) is 17.6. The summed E-state index contributed by atoms with van der Waals surface area (Å²) in [5, 5.41) is 3.65. The minimum Gasteiger partial charge on any atom is -0.493 e. The molecular formula is C24H25NO2. The predicted molar refractivity (Wildman–Crippen MR) is 108 cm³/mol. The average Bonchev–Trinajstić information content (AvgIpc) is 2.72. The van der Waals surface area contributed by atoms with Crippen molar-refractivity contribution in [2.75, 3.05) is 13.7 Å². The van der Waals surface area contributed by atoms with Gasteiger partial charge in [-0.1, -0.05) is 60.2 Å². The maximum Gasteiger partial charge on any atom is 0.162 e. The zero-order chi connectivity index (χ0) is 18.6. The summed E-state index contributed by atoms with van der Waals surface area (Å²) in [5.41, 5.74) is 6.29. The number of ether oxygens (including phenoxy) is 2. The Balaban J connectivity index is 1.66. The molecule has 0 bridgehead atoms. The van der Waals surface area contributed by atoms with Gasteiger partial charge in [-0.3, -0.25) is 0 Å². The van der Waals surface area contributed by atoms with Gasteiger partial charge in [-0.25, -0.2) is 0 Å². The first-order valence-corrected chi connectivity index (χ1v) is 9.42. The number of benzene rings is 3. The second-order valence-corrected chi connectivity index (χ2v) is 7.02. The highest BCUT2D eigenvalue weighted by molar-refractivity contribution is 5.51. The van der Waals surface area contributed by atoms with Gasteiger partial charge in [0, 0.05) is 6.54 Å². The lowest BCUT2D eigenvalue weighted by molar-refractivity contribution is 0.283. The molecule has 3 heteroatoms. The number of methoxy groups -OCH3 is 1. The van der Waals surface area contributed by atoms with Crippen LogP contribution in [0.25, 0.3) is 0 Å². The Bertz CT molecular complexity index is 904. The van der Waals surface area contributed by atoms with Crippen LogP contribution in [0.3, 0.4) is 0 Å². The molecule has 1 aliphatic rings. The van der Waals surface area contributed by atoms with E-state index < -0.39 is 0 Å². The van der Waals surface area contributed by atoms with Crippen LogP contribution < -0.4 is 14.8 Å². The van der Waals surface area contributed by atoms with E-state index >= 15 is 0 Å². The number of hydrogen-bond acceptors (Lipinski definition) is 3. The number of fused-ring (bicyclic) bond motifs is 1. The molecule has 0 radical (unpaired) electrons. The molecule has 3 aromatic rings. The largest absolute Gasteiger partial charge is 0.493 e. The molecule has 1 atom stereocenters. The van der Waals surface area contributed by atoms with E-state index in [9.17, 15) is 0 Å². The standard InChI is InChI=1S/C24H25NO2/c1-17-8-10-19(11-9-17)24-21-15-23(27-16-18-6-4-3-5-7-18)22(26-2)14-20(21)12-13-25-24/h3-11,14-15,24-25H,12-13,16H2,1-2H3. The third kappa shape index (κ3) is 3.83. The van der Waals surface area contributed by atoms with E-state index in [1.54, 1.807) is 7.11 Å². The molecule has 1 heterocycles. The number of nitrogens with one attached hydrogen (secondary N) is 1. The summed E-state index contributed by atoms with van der Waals surface area (Å²) >= 11 is 0. The zero-order valence-electron chi connectivity index (χ0n) is 15.9. The molecule has 0 fully saturated rings. The van der Waals surface area contributed by atoms with Gasteiger partial charge in [0.1, 0.15) is 6.61 Å². The minimum atomic E-state index is 0.180. The lowest BCUT2D eigenvalue weighted by atomic mass is 9.89. The highest BCUT2D eigenvalue weighted by atomic mass is 16.5. The fourth-order valence-corrected chi connectivity index (χ4v) is 3.63. The van der Waals surface area contributed by atoms with Crippen LogP contribution in [0.4, 0.5) is 0 Å². The molecule has 0 saturated carbocycles. The van der Waals surface area contributed by atoms with Gasteiger partial charge in [-0.15, -0.1) is 0 Å². The van der Waals surface area contributed by atoms with Crippen LogP contribution in [0.1, 0.15) is 33.9 Å². The predicted octanol–water partition coefficient (Wildman–Crippen LogP) is 4.82. The van der Waals surface area contributed by atoms with Crippen LogP contribution in [0.2, 0.25) is 0 Å². The van der Waals surface area contributed by atoms with Crippen molar-refractivity contribution in [3.8, 4) is 11.5 Å². The third-order valence-electron chi connectivity index (χ3n) is 5.13. The van der Waals surface area contributed by atoms with Crippen molar-refractivity contribution in [1.29, 1.82) is 0 Å². The van der Waals surface area contributed by atoms with Gasteiger partial charge in [-0.2, -0.15) is 0 Å². The molecule has 3 nitrogen and oxygen atoms in total. The summed E-state index contributed by atoms with van der Waals surface area (Å²) in [6.07, 6.45) is 0.993. The molecule has 4 rings (SSSR count). The van der Waals surface area contributed by atoms with E-state index in [1.807, 2.05) is 18.2 Å². The smallest absolute Gasteiger partial charge is 0.162 e. The molecule has 1 aliphatic heterocycles. The van der Waals surface area contributed by atoms with E-state index in [1.165, 1.54) is 22.3 Å². The second kappa shape index (κ2) is 7.85. The quantitative estimate of drug-likeness (QED) is 0.709. The van der Waals surface area contributed by atoms with Crippen molar-refractivity contribution in [3.63, 3.8) is 0 Å². The van der Waals surface area contributed by atoms with Gasteiger partial charge in [0.15, 0.2) is 11.5 Å². The van der Waals surface area contributed by atoms with Gasteiger partial charge in [0.05, 0.1) is 13.2 Å². The van der Waals surface area contributed by atoms with Crippen LogP contribution >= 0.6 is 0 Å². The first-order chi connectivity index (χ1) is 13.2. The van der Waals surface area contributed by atoms with Gasteiger partial charge >= 0.3 is 0 Å². The highest BCUT2D eigenvalue weighted by Gasteiger charge is 2.24. The Labute approximate surface area is 161 Å². The first-order valence-electron chi connectivity index (χ1n) is 9.42. The fraction of sp³-hybridized carbons (Fsp3) is 0.250. The molecule has 0 spiro atoms. The topological polar surface area (TPSA) is 30.5 Å². The second-order valence-electron chi connectivity index (χ2n) is 7.02. The molecule has 0 aliphatic carbocycles. The van der Waals surface area contributed by atoms with Crippen LogP contribution in [-0.4, -0.2) is 13.7 Å². The molecule has 0 saturated heterocycles. The maximum atomic E-state index is 6.13. The summed E-state index contributed by atoms with van der Waals surface area (Å²) in [5.74, 6) is 1.59. The van der Waals surface area contributed by atoms with Gasteiger partial charge in [0.25, 0.3) is 0 Å². The molecular weight excluding hydrogens is 334 g/mol. The van der Waals surface area contributed by atoms with Crippen LogP contribution in [-0.2, 0) is 13.0 Å². The average molecular weight is 359 g/mol. The Hall–Kier alpha value is -2.78. The number of aryl methyl sites for hydroxylation is 1. The van der Waals surface area contributed by atoms with Crippen molar-refractivity contribution in [2.45, 2.75) is 26.0 Å². The SMILES string of the molecule is COc1cc2c(cc1OCc1ccccc1)C(c1ccc(C)cc1)NCC2. The van der Waals surface area contributed by atoms with E-state index in [0.29, 0.717) is 6.61 Å². The van der Waals surface area contributed by atoms with E-state index in [4.69, 9.17) is 9.47 Å². The molecule has 27 heavy (non-hydrogen) atoms. The molecule has 138 valence electrons. The fourth-order valence-electron chi connectivity index (χ4n) is 3.63. The Morgan fingerprint density at radius 2 is 1.74 bits per heavy atom. The number of hydrogen-bond donors (Lipinski definition) is 1. The molecule has 1 N–H and O–H groups in total. The maximum absolute atomic E-state index is 6.13. The summed E-state index contributed by atoms with van der Waals surface area (Å²) in [4.78, 5) is 0. The molecule has 1 unspecified atom stereocenters. The van der Waals surface area contributed by atoms with Gasteiger partial charge < -0.3 is 14.8 Å². The molecule has 3 aromatic carbocycles. The Morgan fingerprint density at radius 3 is 2.48 bits per heavy atom. The highest BCUT2D eigenvalue weighted by Crippen LogP contribution is 2.38. The van der Waals surface area contributed by atoms with Crippen LogP contribution in [0.5, 0.6) is 11.5 Å². The Kier molecular flexibility index (Phi) is 5.12.